The molecule has 0 spiro atoms. The number of piperidine rings is 1. The molecular weight excluding hydrogens is 252 g/mol. The Kier molecular flexibility index (Phi) is 5.06. The van der Waals surface area contributed by atoms with Gasteiger partial charge in [0.05, 0.1) is 5.69 Å². The number of amides is 1. The summed E-state index contributed by atoms with van der Waals surface area (Å²) in [6.07, 6.45) is 6.50. The fourth-order valence-corrected chi connectivity index (χ4v) is 2.85. The predicted octanol–water partition coefficient (Wildman–Crippen LogP) is 1.69. The molecule has 0 saturated carbocycles. The highest BCUT2D eigenvalue weighted by atomic mass is 16.1. The molecule has 1 amide bonds. The van der Waals surface area contributed by atoms with Crippen molar-refractivity contribution in [1.82, 2.24) is 14.8 Å². The summed E-state index contributed by atoms with van der Waals surface area (Å²) in [7, 11) is 2.13. The van der Waals surface area contributed by atoms with E-state index in [0.29, 0.717) is 24.0 Å². The van der Waals surface area contributed by atoms with Crippen LogP contribution in [0.15, 0.2) is 12.3 Å². The van der Waals surface area contributed by atoms with Gasteiger partial charge in [-0.1, -0.05) is 13.3 Å². The highest BCUT2D eigenvalue weighted by Gasteiger charge is 2.20. The predicted molar refractivity (Wildman–Crippen MR) is 81.7 cm³/mol. The Morgan fingerprint density at radius 2 is 2.30 bits per heavy atom. The van der Waals surface area contributed by atoms with Crippen molar-refractivity contribution >= 4 is 11.6 Å². The first-order chi connectivity index (χ1) is 9.61. The quantitative estimate of drug-likeness (QED) is 0.861. The number of likely N-dealkylation sites (N-methyl/N-ethyl adjacent to an activating group) is 1. The van der Waals surface area contributed by atoms with Crippen molar-refractivity contribution in [2.75, 3.05) is 25.9 Å². The maximum Gasteiger partial charge on any atom is 0.268 e. The highest BCUT2D eigenvalue weighted by Crippen LogP contribution is 2.15. The van der Waals surface area contributed by atoms with Gasteiger partial charge in [0.2, 0.25) is 0 Å². The molecule has 1 aliphatic heterocycles. The summed E-state index contributed by atoms with van der Waals surface area (Å²) in [6.45, 7) is 4.75. The molecule has 1 aromatic rings. The number of nitrogens with zero attached hydrogens (tertiary/aromatic N) is 2. The monoisotopic (exact) mass is 278 g/mol. The third kappa shape index (κ3) is 3.54. The second-order valence-corrected chi connectivity index (χ2v) is 5.69. The normalized spacial score (nSPS) is 20.0. The van der Waals surface area contributed by atoms with Gasteiger partial charge < -0.3 is 20.5 Å². The van der Waals surface area contributed by atoms with Crippen molar-refractivity contribution < 1.29 is 4.79 Å². The van der Waals surface area contributed by atoms with E-state index in [1.165, 1.54) is 12.8 Å². The zero-order valence-corrected chi connectivity index (χ0v) is 12.6. The van der Waals surface area contributed by atoms with E-state index >= 15 is 0 Å². The molecule has 1 aliphatic rings. The summed E-state index contributed by atoms with van der Waals surface area (Å²) in [6, 6.07) is 2.22. The summed E-state index contributed by atoms with van der Waals surface area (Å²) in [5.74, 6) is -0.0193. The van der Waals surface area contributed by atoms with Crippen molar-refractivity contribution in [3.05, 3.63) is 18.0 Å². The molecule has 2 heterocycles. The number of hydrogen-bond donors (Lipinski definition) is 2. The van der Waals surface area contributed by atoms with Crippen molar-refractivity contribution in [1.29, 1.82) is 0 Å². The average molecular weight is 278 g/mol. The molecule has 5 heteroatoms. The lowest BCUT2D eigenvalue weighted by Crippen LogP contribution is -2.44. The van der Waals surface area contributed by atoms with Gasteiger partial charge in [-0.15, -0.1) is 0 Å². The van der Waals surface area contributed by atoms with Crippen molar-refractivity contribution in [2.24, 2.45) is 0 Å². The number of nitrogen functional groups attached to an aromatic ring is 1. The van der Waals surface area contributed by atoms with E-state index in [0.717, 1.165) is 25.9 Å². The van der Waals surface area contributed by atoms with Crippen LogP contribution in [0.1, 0.15) is 43.1 Å². The second kappa shape index (κ2) is 6.79. The van der Waals surface area contributed by atoms with Crippen LogP contribution < -0.4 is 11.1 Å². The number of rotatable bonds is 5. The number of aromatic nitrogens is 1. The van der Waals surface area contributed by atoms with E-state index < -0.39 is 0 Å². The van der Waals surface area contributed by atoms with E-state index in [1.807, 2.05) is 10.8 Å². The van der Waals surface area contributed by atoms with Gasteiger partial charge in [0, 0.05) is 25.3 Å². The number of nitrogens with one attached hydrogen (secondary N) is 1. The molecule has 1 atom stereocenters. The Bertz CT molecular complexity index is 455. The van der Waals surface area contributed by atoms with E-state index in [1.54, 1.807) is 6.07 Å². The summed E-state index contributed by atoms with van der Waals surface area (Å²) < 4.78 is 1.94. The molecule has 1 aromatic heterocycles. The lowest BCUT2D eigenvalue weighted by Gasteiger charge is -2.32. The van der Waals surface area contributed by atoms with Crippen LogP contribution >= 0.6 is 0 Å². The van der Waals surface area contributed by atoms with Gasteiger partial charge in [0.25, 0.3) is 5.91 Å². The fourth-order valence-electron chi connectivity index (χ4n) is 2.85. The minimum atomic E-state index is -0.0193. The highest BCUT2D eigenvalue weighted by molar-refractivity contribution is 5.93. The van der Waals surface area contributed by atoms with Crippen molar-refractivity contribution in [3.63, 3.8) is 0 Å². The number of nitrogens with two attached hydrogens (primary N) is 1. The zero-order valence-electron chi connectivity index (χ0n) is 12.6. The molecule has 5 nitrogen and oxygen atoms in total. The van der Waals surface area contributed by atoms with Gasteiger partial charge in [-0.25, -0.2) is 0 Å². The average Bonchev–Trinajstić information content (AvgIpc) is 2.79. The third-order valence-corrected chi connectivity index (χ3v) is 4.03. The Labute approximate surface area is 121 Å². The van der Waals surface area contributed by atoms with Gasteiger partial charge in [-0.2, -0.15) is 0 Å². The lowest BCUT2D eigenvalue weighted by molar-refractivity contribution is 0.0919. The van der Waals surface area contributed by atoms with Gasteiger partial charge >= 0.3 is 0 Å². The van der Waals surface area contributed by atoms with Gasteiger partial charge in [-0.3, -0.25) is 4.79 Å². The Morgan fingerprint density at radius 3 is 3.00 bits per heavy atom. The zero-order chi connectivity index (χ0) is 14.5. The molecule has 1 saturated heterocycles. The molecule has 0 aliphatic carbocycles. The van der Waals surface area contributed by atoms with Crippen LogP contribution in [0.4, 0.5) is 5.69 Å². The number of carbonyl (C=O) groups is 1. The van der Waals surface area contributed by atoms with Gasteiger partial charge in [0.1, 0.15) is 5.69 Å². The van der Waals surface area contributed by atoms with Crippen molar-refractivity contribution in [2.45, 2.75) is 45.2 Å². The topological polar surface area (TPSA) is 63.3 Å². The summed E-state index contributed by atoms with van der Waals surface area (Å²) >= 11 is 0. The van der Waals surface area contributed by atoms with Crippen LogP contribution in [-0.4, -0.2) is 41.6 Å². The third-order valence-electron chi connectivity index (χ3n) is 4.03. The Hall–Kier alpha value is -1.49. The second-order valence-electron chi connectivity index (χ2n) is 5.69. The Balaban J connectivity index is 1.94. The van der Waals surface area contributed by atoms with Crippen LogP contribution in [0.5, 0.6) is 0 Å². The SMILES string of the molecule is CCCn1cc(N)cc1C(=O)NCC1CCCCN1C. The van der Waals surface area contributed by atoms with Gasteiger partial charge in [-0.05, 0) is 38.9 Å². The smallest absolute Gasteiger partial charge is 0.268 e. The van der Waals surface area contributed by atoms with E-state index in [-0.39, 0.29) is 5.91 Å². The maximum atomic E-state index is 12.3. The minimum Gasteiger partial charge on any atom is -0.397 e. The number of aryl methyl sites for hydroxylation is 1. The van der Waals surface area contributed by atoms with Crippen LogP contribution in [0.25, 0.3) is 0 Å². The molecule has 0 bridgehead atoms. The number of hydrogen-bond acceptors (Lipinski definition) is 3. The van der Waals surface area contributed by atoms with Crippen LogP contribution in [-0.2, 0) is 6.54 Å². The number of anilines is 1. The molecule has 112 valence electrons. The first-order valence-corrected chi connectivity index (χ1v) is 7.56. The summed E-state index contributed by atoms with van der Waals surface area (Å²) in [5, 5.41) is 3.05. The number of carbonyl (C=O) groups excluding carboxylic acids is 1. The van der Waals surface area contributed by atoms with E-state index in [9.17, 15) is 4.79 Å². The largest absolute Gasteiger partial charge is 0.397 e. The summed E-state index contributed by atoms with van der Waals surface area (Å²) in [4.78, 5) is 14.6. The maximum absolute atomic E-state index is 12.3. The summed E-state index contributed by atoms with van der Waals surface area (Å²) in [5.41, 5.74) is 7.12. The molecule has 1 unspecified atom stereocenters. The van der Waals surface area contributed by atoms with E-state index in [4.69, 9.17) is 5.73 Å². The Morgan fingerprint density at radius 1 is 1.50 bits per heavy atom. The molecule has 20 heavy (non-hydrogen) atoms. The molecule has 1 fully saturated rings. The molecule has 3 N–H and O–H groups in total. The minimum absolute atomic E-state index is 0.0193. The van der Waals surface area contributed by atoms with Crippen LogP contribution in [0.3, 0.4) is 0 Å². The standard InChI is InChI=1S/C15H26N4O/c1-3-7-19-11-12(16)9-14(19)15(20)17-10-13-6-4-5-8-18(13)2/h9,11,13H,3-8,10,16H2,1-2H3,(H,17,20). The van der Waals surface area contributed by atoms with Gasteiger partial charge in [0.15, 0.2) is 0 Å². The fraction of sp³-hybridized carbons (Fsp3) is 0.667. The molecule has 0 radical (unpaired) electrons. The van der Waals surface area contributed by atoms with Crippen LogP contribution in [0, 0.1) is 0 Å². The molecule has 0 aromatic carbocycles. The molecular formula is C15H26N4O. The van der Waals surface area contributed by atoms with Crippen LogP contribution in [0.2, 0.25) is 0 Å². The lowest BCUT2D eigenvalue weighted by atomic mass is 10.0. The van der Waals surface area contributed by atoms with Crippen molar-refractivity contribution in [3.8, 4) is 0 Å². The first kappa shape index (κ1) is 14.9. The first-order valence-electron chi connectivity index (χ1n) is 7.56. The number of likely N-dealkylation sites (tertiary alicyclic amines) is 1. The van der Waals surface area contributed by atoms with E-state index in [2.05, 4.69) is 24.2 Å². The molecule has 2 rings (SSSR count).